The molecule has 0 bridgehead atoms. The molecular formula is C24H27NO. The van der Waals surface area contributed by atoms with Gasteiger partial charge in [-0.3, -0.25) is 4.79 Å². The molecule has 0 unspecified atom stereocenters. The Bertz CT molecular complexity index is 875. The number of carbonyl (C=O) groups is 1. The lowest BCUT2D eigenvalue weighted by Crippen LogP contribution is -2.28. The highest BCUT2D eigenvalue weighted by Crippen LogP contribution is 2.20. The highest BCUT2D eigenvalue weighted by Gasteiger charge is 2.12. The highest BCUT2D eigenvalue weighted by atomic mass is 16.1. The Kier molecular flexibility index (Phi) is 5.72. The molecule has 1 N–H and O–H groups in total. The number of hydrogen-bond acceptors (Lipinski definition) is 1. The van der Waals surface area contributed by atoms with Crippen LogP contribution >= 0.6 is 0 Å². The first-order chi connectivity index (χ1) is 12.5. The molecule has 2 nitrogen and oxygen atoms in total. The van der Waals surface area contributed by atoms with Crippen molar-refractivity contribution in [2.75, 3.05) is 0 Å². The van der Waals surface area contributed by atoms with Crippen molar-refractivity contribution in [2.45, 2.75) is 39.7 Å². The van der Waals surface area contributed by atoms with Gasteiger partial charge in [-0.15, -0.1) is 0 Å². The summed E-state index contributed by atoms with van der Waals surface area (Å²) >= 11 is 0. The molecular weight excluding hydrogens is 318 g/mol. The number of benzene rings is 3. The summed E-state index contributed by atoms with van der Waals surface area (Å²) in [7, 11) is 0. The molecule has 2 heteroatoms. The fourth-order valence-electron chi connectivity index (χ4n) is 3.41. The molecule has 1 amide bonds. The standard InChI is InChI=1S/C24H27NO/c1-17(2)15-19-11-13-20(14-12-19)18(3)25-24(26)16-22-9-6-8-21-7-4-5-10-23(21)22/h4-14,17-18H,15-16H2,1-3H3,(H,25,26)/t18-/m1/s1. The maximum absolute atomic E-state index is 12.5. The van der Waals surface area contributed by atoms with Crippen LogP contribution in [0.25, 0.3) is 10.8 Å². The second kappa shape index (κ2) is 8.18. The van der Waals surface area contributed by atoms with E-state index in [9.17, 15) is 4.79 Å². The minimum atomic E-state index is 0.00516. The lowest BCUT2D eigenvalue weighted by atomic mass is 9.99. The van der Waals surface area contributed by atoms with Crippen LogP contribution in [-0.4, -0.2) is 5.91 Å². The van der Waals surface area contributed by atoms with E-state index in [-0.39, 0.29) is 11.9 Å². The van der Waals surface area contributed by atoms with Gasteiger partial charge in [0.05, 0.1) is 12.5 Å². The molecule has 134 valence electrons. The average Bonchev–Trinajstić information content (AvgIpc) is 2.62. The van der Waals surface area contributed by atoms with Crippen molar-refractivity contribution in [1.29, 1.82) is 0 Å². The molecule has 0 aliphatic heterocycles. The molecule has 3 aromatic rings. The fourth-order valence-corrected chi connectivity index (χ4v) is 3.41. The Morgan fingerprint density at radius 2 is 1.58 bits per heavy atom. The Morgan fingerprint density at radius 3 is 2.31 bits per heavy atom. The number of hydrogen-bond donors (Lipinski definition) is 1. The van der Waals surface area contributed by atoms with E-state index in [4.69, 9.17) is 0 Å². The summed E-state index contributed by atoms with van der Waals surface area (Å²) in [4.78, 5) is 12.5. The van der Waals surface area contributed by atoms with Crippen molar-refractivity contribution in [1.82, 2.24) is 5.32 Å². The van der Waals surface area contributed by atoms with E-state index in [0.717, 1.165) is 22.9 Å². The molecule has 0 heterocycles. The van der Waals surface area contributed by atoms with E-state index in [1.165, 1.54) is 10.9 Å². The van der Waals surface area contributed by atoms with Crippen LogP contribution in [-0.2, 0) is 17.6 Å². The predicted octanol–water partition coefficient (Wildman–Crippen LogP) is 5.46. The Labute approximate surface area is 156 Å². The van der Waals surface area contributed by atoms with Gasteiger partial charge >= 0.3 is 0 Å². The SMILES string of the molecule is CC(C)Cc1ccc([C@@H](C)NC(=O)Cc2cccc3ccccc23)cc1. The molecule has 0 saturated heterocycles. The summed E-state index contributed by atoms with van der Waals surface area (Å²) in [6.07, 6.45) is 1.49. The zero-order chi connectivity index (χ0) is 18.5. The largest absolute Gasteiger partial charge is 0.349 e. The summed E-state index contributed by atoms with van der Waals surface area (Å²) in [5, 5.41) is 5.45. The lowest BCUT2D eigenvalue weighted by molar-refractivity contribution is -0.121. The van der Waals surface area contributed by atoms with E-state index in [1.54, 1.807) is 0 Å². The van der Waals surface area contributed by atoms with Crippen molar-refractivity contribution in [3.05, 3.63) is 83.4 Å². The molecule has 0 radical (unpaired) electrons. The van der Waals surface area contributed by atoms with Gasteiger partial charge in [-0.25, -0.2) is 0 Å². The van der Waals surface area contributed by atoms with Gasteiger partial charge in [0, 0.05) is 0 Å². The molecule has 0 spiro atoms. The quantitative estimate of drug-likeness (QED) is 0.631. The molecule has 0 aromatic heterocycles. The van der Waals surface area contributed by atoms with Gasteiger partial charge in [0.1, 0.15) is 0 Å². The third-order valence-corrected chi connectivity index (χ3v) is 4.73. The molecule has 26 heavy (non-hydrogen) atoms. The predicted molar refractivity (Wildman–Crippen MR) is 109 cm³/mol. The van der Waals surface area contributed by atoms with Gasteiger partial charge in [0.15, 0.2) is 0 Å². The number of carbonyl (C=O) groups excluding carboxylic acids is 1. The molecule has 0 aliphatic carbocycles. The van der Waals surface area contributed by atoms with Crippen molar-refractivity contribution in [2.24, 2.45) is 5.92 Å². The van der Waals surface area contributed by atoms with Gasteiger partial charge in [-0.1, -0.05) is 80.6 Å². The number of nitrogens with one attached hydrogen (secondary N) is 1. The van der Waals surface area contributed by atoms with Gasteiger partial charge in [0.25, 0.3) is 0 Å². The first-order valence-electron chi connectivity index (χ1n) is 9.38. The summed E-state index contributed by atoms with van der Waals surface area (Å²) in [6, 6.07) is 22.9. The summed E-state index contributed by atoms with van der Waals surface area (Å²) in [5.74, 6) is 0.707. The smallest absolute Gasteiger partial charge is 0.224 e. The van der Waals surface area contributed by atoms with Crippen LogP contribution in [0.4, 0.5) is 0 Å². The van der Waals surface area contributed by atoms with Crippen LogP contribution in [0.2, 0.25) is 0 Å². The minimum Gasteiger partial charge on any atom is -0.349 e. The summed E-state index contributed by atoms with van der Waals surface area (Å²) in [6.45, 7) is 6.49. The van der Waals surface area contributed by atoms with E-state index < -0.39 is 0 Å². The van der Waals surface area contributed by atoms with Gasteiger partial charge < -0.3 is 5.32 Å². The Hall–Kier alpha value is -2.61. The summed E-state index contributed by atoms with van der Waals surface area (Å²) < 4.78 is 0. The second-order valence-corrected chi connectivity index (χ2v) is 7.44. The Balaban J connectivity index is 1.65. The maximum atomic E-state index is 12.5. The number of fused-ring (bicyclic) bond motifs is 1. The zero-order valence-corrected chi connectivity index (χ0v) is 15.8. The normalized spacial score (nSPS) is 12.3. The van der Waals surface area contributed by atoms with Crippen LogP contribution in [0, 0.1) is 5.92 Å². The zero-order valence-electron chi connectivity index (χ0n) is 15.8. The van der Waals surface area contributed by atoms with Gasteiger partial charge in [0.2, 0.25) is 5.91 Å². The first kappa shape index (κ1) is 18.2. The molecule has 0 aliphatic rings. The van der Waals surface area contributed by atoms with Crippen LogP contribution < -0.4 is 5.32 Å². The highest BCUT2D eigenvalue weighted by molar-refractivity contribution is 5.90. The van der Waals surface area contributed by atoms with E-state index in [2.05, 4.69) is 61.6 Å². The van der Waals surface area contributed by atoms with E-state index in [1.807, 2.05) is 31.2 Å². The third-order valence-electron chi connectivity index (χ3n) is 4.73. The van der Waals surface area contributed by atoms with Crippen LogP contribution in [0.5, 0.6) is 0 Å². The van der Waals surface area contributed by atoms with E-state index >= 15 is 0 Å². The van der Waals surface area contributed by atoms with Crippen molar-refractivity contribution < 1.29 is 4.79 Å². The van der Waals surface area contributed by atoms with Gasteiger partial charge in [-0.2, -0.15) is 0 Å². The van der Waals surface area contributed by atoms with E-state index in [0.29, 0.717) is 12.3 Å². The van der Waals surface area contributed by atoms with Crippen molar-refractivity contribution in [3.63, 3.8) is 0 Å². The molecule has 3 aromatic carbocycles. The Morgan fingerprint density at radius 1 is 0.885 bits per heavy atom. The minimum absolute atomic E-state index is 0.00516. The molecule has 1 atom stereocenters. The van der Waals surface area contributed by atoms with Crippen molar-refractivity contribution >= 4 is 16.7 Å². The van der Waals surface area contributed by atoms with Crippen LogP contribution in [0.15, 0.2) is 66.7 Å². The number of amides is 1. The van der Waals surface area contributed by atoms with Crippen LogP contribution in [0.3, 0.4) is 0 Å². The second-order valence-electron chi connectivity index (χ2n) is 7.44. The molecule has 0 saturated carbocycles. The maximum Gasteiger partial charge on any atom is 0.224 e. The third kappa shape index (κ3) is 4.51. The summed E-state index contributed by atoms with van der Waals surface area (Å²) in [5.41, 5.74) is 3.56. The monoisotopic (exact) mass is 345 g/mol. The molecule has 0 fully saturated rings. The lowest BCUT2D eigenvalue weighted by Gasteiger charge is -2.16. The molecule has 3 rings (SSSR count). The number of rotatable bonds is 6. The fraction of sp³-hybridized carbons (Fsp3) is 0.292. The van der Waals surface area contributed by atoms with Crippen molar-refractivity contribution in [3.8, 4) is 0 Å². The average molecular weight is 345 g/mol. The van der Waals surface area contributed by atoms with Gasteiger partial charge in [-0.05, 0) is 46.7 Å². The van der Waals surface area contributed by atoms with Crippen LogP contribution in [0.1, 0.15) is 43.5 Å². The topological polar surface area (TPSA) is 29.1 Å². The first-order valence-corrected chi connectivity index (χ1v) is 9.38.